The number of nitrogens with one attached hydrogen (secondary N) is 1. The van der Waals surface area contributed by atoms with Crippen LogP contribution in [0.5, 0.6) is 5.75 Å². The van der Waals surface area contributed by atoms with Gasteiger partial charge in [0.2, 0.25) is 0 Å². The second-order valence-corrected chi connectivity index (χ2v) is 4.23. The van der Waals surface area contributed by atoms with Crippen molar-refractivity contribution in [2.75, 3.05) is 6.61 Å². The molecule has 2 rings (SSSR count). The molecule has 2 aromatic rings. The number of hydrogen-bond donors (Lipinski definition) is 2. The number of benzene rings is 1. The predicted molar refractivity (Wildman–Crippen MR) is 74.7 cm³/mol. The van der Waals surface area contributed by atoms with E-state index in [-0.39, 0.29) is 6.04 Å². The zero-order valence-corrected chi connectivity index (χ0v) is 11.3. The molecule has 1 atom stereocenters. The van der Waals surface area contributed by atoms with Gasteiger partial charge in [-0.05, 0) is 31.5 Å². The van der Waals surface area contributed by atoms with Crippen molar-refractivity contribution >= 4 is 0 Å². The number of hydrazine groups is 1. The molecule has 0 aliphatic heterocycles. The number of ether oxygens (including phenoxy) is 1. The molecule has 1 heterocycles. The summed E-state index contributed by atoms with van der Waals surface area (Å²) in [6.07, 6.45) is 3.84. The maximum Gasteiger partial charge on any atom is 0.119 e. The summed E-state index contributed by atoms with van der Waals surface area (Å²) in [7, 11) is 0. The molecule has 0 aliphatic carbocycles. The van der Waals surface area contributed by atoms with Crippen LogP contribution < -0.4 is 16.0 Å². The largest absolute Gasteiger partial charge is 0.494 e. The van der Waals surface area contributed by atoms with Gasteiger partial charge in [-0.15, -0.1) is 0 Å². The van der Waals surface area contributed by atoms with Crippen molar-refractivity contribution in [2.45, 2.75) is 26.4 Å². The molecule has 5 nitrogen and oxygen atoms in total. The third-order valence-corrected chi connectivity index (χ3v) is 3.00. The van der Waals surface area contributed by atoms with E-state index in [1.165, 1.54) is 0 Å². The van der Waals surface area contributed by atoms with Gasteiger partial charge in [0.15, 0.2) is 0 Å². The van der Waals surface area contributed by atoms with Gasteiger partial charge >= 0.3 is 0 Å². The summed E-state index contributed by atoms with van der Waals surface area (Å²) in [5.41, 5.74) is 4.96. The highest BCUT2D eigenvalue weighted by molar-refractivity contribution is 5.33. The maximum absolute atomic E-state index is 5.67. The topological polar surface area (TPSA) is 65.1 Å². The second kappa shape index (κ2) is 6.36. The molecule has 19 heavy (non-hydrogen) atoms. The SMILES string of the molecule is CCOc1ccc(C(NN)c2cnn(CC)c2)cc1. The van der Waals surface area contributed by atoms with E-state index in [1.54, 1.807) is 0 Å². The van der Waals surface area contributed by atoms with E-state index in [1.807, 2.05) is 48.3 Å². The fourth-order valence-electron chi connectivity index (χ4n) is 2.01. The predicted octanol–water partition coefficient (Wildman–Crippen LogP) is 1.85. The molecular weight excluding hydrogens is 240 g/mol. The van der Waals surface area contributed by atoms with Crippen LogP contribution in [0.1, 0.15) is 31.0 Å². The number of rotatable bonds is 6. The zero-order chi connectivity index (χ0) is 13.7. The number of nitrogens with two attached hydrogens (primary N) is 1. The Morgan fingerprint density at radius 1 is 1.26 bits per heavy atom. The molecule has 102 valence electrons. The van der Waals surface area contributed by atoms with Crippen LogP contribution in [-0.4, -0.2) is 16.4 Å². The Balaban J connectivity index is 2.21. The van der Waals surface area contributed by atoms with Crippen molar-refractivity contribution in [2.24, 2.45) is 5.84 Å². The molecule has 1 aromatic heterocycles. The summed E-state index contributed by atoms with van der Waals surface area (Å²) in [6.45, 7) is 5.54. The Kier molecular flexibility index (Phi) is 4.54. The van der Waals surface area contributed by atoms with Crippen LogP contribution in [0.25, 0.3) is 0 Å². The van der Waals surface area contributed by atoms with Crippen LogP contribution in [0, 0.1) is 0 Å². The molecule has 5 heteroatoms. The standard InChI is InChI=1S/C14H20N4O/c1-3-18-10-12(9-16-18)14(17-15)11-5-7-13(8-6-11)19-4-2/h5-10,14,17H,3-4,15H2,1-2H3. The van der Waals surface area contributed by atoms with Gasteiger partial charge in [-0.2, -0.15) is 5.10 Å². The third kappa shape index (κ3) is 3.13. The number of hydrogen-bond acceptors (Lipinski definition) is 4. The molecule has 1 aromatic carbocycles. The van der Waals surface area contributed by atoms with Crippen LogP contribution in [0.4, 0.5) is 0 Å². The van der Waals surface area contributed by atoms with Crippen LogP contribution in [-0.2, 0) is 6.54 Å². The van der Waals surface area contributed by atoms with E-state index in [4.69, 9.17) is 10.6 Å². The molecule has 3 N–H and O–H groups in total. The molecule has 0 amide bonds. The first-order valence-electron chi connectivity index (χ1n) is 6.49. The Morgan fingerprint density at radius 3 is 2.53 bits per heavy atom. The van der Waals surface area contributed by atoms with Gasteiger partial charge in [-0.25, -0.2) is 5.43 Å². The summed E-state index contributed by atoms with van der Waals surface area (Å²) in [5, 5.41) is 4.27. The normalized spacial score (nSPS) is 12.4. The Bertz CT molecular complexity index is 506. The van der Waals surface area contributed by atoms with E-state index in [0.29, 0.717) is 6.61 Å². The molecule has 0 spiro atoms. The van der Waals surface area contributed by atoms with Gasteiger partial charge in [0.1, 0.15) is 5.75 Å². The summed E-state index contributed by atoms with van der Waals surface area (Å²) in [5.74, 6) is 6.53. The van der Waals surface area contributed by atoms with Crippen LogP contribution in [0.3, 0.4) is 0 Å². The fraction of sp³-hybridized carbons (Fsp3) is 0.357. The lowest BCUT2D eigenvalue weighted by Crippen LogP contribution is -2.28. The summed E-state index contributed by atoms with van der Waals surface area (Å²) < 4.78 is 7.32. The summed E-state index contributed by atoms with van der Waals surface area (Å²) >= 11 is 0. The molecular formula is C14H20N4O. The minimum atomic E-state index is -0.0593. The monoisotopic (exact) mass is 260 g/mol. The number of nitrogens with zero attached hydrogens (tertiary/aromatic N) is 2. The van der Waals surface area contributed by atoms with Crippen molar-refractivity contribution in [1.29, 1.82) is 0 Å². The van der Waals surface area contributed by atoms with Gasteiger partial charge < -0.3 is 4.74 Å². The van der Waals surface area contributed by atoms with Crippen LogP contribution in [0.15, 0.2) is 36.7 Å². The first-order chi connectivity index (χ1) is 9.28. The van der Waals surface area contributed by atoms with Gasteiger partial charge in [0.05, 0.1) is 18.8 Å². The van der Waals surface area contributed by atoms with Crippen LogP contribution in [0.2, 0.25) is 0 Å². The average molecular weight is 260 g/mol. The highest BCUT2D eigenvalue weighted by atomic mass is 16.5. The van der Waals surface area contributed by atoms with Gasteiger partial charge in [-0.3, -0.25) is 10.5 Å². The van der Waals surface area contributed by atoms with Gasteiger partial charge in [0, 0.05) is 18.3 Å². The Labute approximate surface area is 113 Å². The number of aromatic nitrogens is 2. The molecule has 0 saturated heterocycles. The van der Waals surface area contributed by atoms with E-state index < -0.39 is 0 Å². The second-order valence-electron chi connectivity index (χ2n) is 4.23. The van der Waals surface area contributed by atoms with Crippen molar-refractivity contribution in [3.05, 3.63) is 47.8 Å². The zero-order valence-electron chi connectivity index (χ0n) is 11.3. The molecule has 0 saturated carbocycles. The van der Waals surface area contributed by atoms with Crippen molar-refractivity contribution in [3.63, 3.8) is 0 Å². The molecule has 0 bridgehead atoms. The molecule has 0 radical (unpaired) electrons. The van der Waals surface area contributed by atoms with Crippen molar-refractivity contribution < 1.29 is 4.74 Å². The lowest BCUT2D eigenvalue weighted by Gasteiger charge is -2.15. The minimum absolute atomic E-state index is 0.0593. The summed E-state index contributed by atoms with van der Waals surface area (Å²) in [4.78, 5) is 0. The fourth-order valence-corrected chi connectivity index (χ4v) is 2.01. The van der Waals surface area contributed by atoms with Gasteiger partial charge in [-0.1, -0.05) is 12.1 Å². The third-order valence-electron chi connectivity index (χ3n) is 3.00. The molecule has 0 aliphatic rings. The highest BCUT2D eigenvalue weighted by Gasteiger charge is 2.14. The minimum Gasteiger partial charge on any atom is -0.494 e. The van der Waals surface area contributed by atoms with E-state index >= 15 is 0 Å². The van der Waals surface area contributed by atoms with Crippen molar-refractivity contribution in [3.8, 4) is 5.75 Å². The quantitative estimate of drug-likeness (QED) is 0.614. The first-order valence-corrected chi connectivity index (χ1v) is 6.49. The lowest BCUT2D eigenvalue weighted by molar-refractivity contribution is 0.340. The maximum atomic E-state index is 5.67. The Morgan fingerprint density at radius 2 is 2.00 bits per heavy atom. The number of aryl methyl sites for hydroxylation is 1. The lowest BCUT2D eigenvalue weighted by atomic mass is 10.0. The average Bonchev–Trinajstić information content (AvgIpc) is 2.91. The van der Waals surface area contributed by atoms with Crippen molar-refractivity contribution in [1.82, 2.24) is 15.2 Å². The molecule has 1 unspecified atom stereocenters. The Hall–Kier alpha value is -1.85. The van der Waals surface area contributed by atoms with E-state index in [0.717, 1.165) is 23.4 Å². The van der Waals surface area contributed by atoms with Crippen LogP contribution >= 0.6 is 0 Å². The van der Waals surface area contributed by atoms with E-state index in [2.05, 4.69) is 17.4 Å². The van der Waals surface area contributed by atoms with E-state index in [9.17, 15) is 0 Å². The first kappa shape index (κ1) is 13.6. The summed E-state index contributed by atoms with van der Waals surface area (Å²) in [6, 6.07) is 7.87. The molecule has 0 fully saturated rings. The smallest absolute Gasteiger partial charge is 0.119 e. The van der Waals surface area contributed by atoms with Gasteiger partial charge in [0.25, 0.3) is 0 Å². The highest BCUT2D eigenvalue weighted by Crippen LogP contribution is 2.23.